The van der Waals surface area contributed by atoms with E-state index in [-0.39, 0.29) is 5.54 Å². The molecule has 0 aliphatic carbocycles. The summed E-state index contributed by atoms with van der Waals surface area (Å²) < 4.78 is 0. The highest BCUT2D eigenvalue weighted by molar-refractivity contribution is 5.18. The van der Waals surface area contributed by atoms with E-state index in [1.54, 1.807) is 7.05 Å². The minimum absolute atomic E-state index is 0.329. The first-order valence-electron chi connectivity index (χ1n) is 4.71. The normalized spacial score (nSPS) is 17.8. The Kier molecular flexibility index (Phi) is 4.96. The Morgan fingerprint density at radius 1 is 1.15 bits per heavy atom. The largest absolute Gasteiger partial charge is 0.313 e. The zero-order valence-corrected chi connectivity index (χ0v) is 9.28. The highest BCUT2D eigenvalue weighted by atomic mass is 16.5. The number of likely N-dealkylation sites (N-methyl/N-ethyl adjacent to an activating group) is 1. The summed E-state index contributed by atoms with van der Waals surface area (Å²) in [7, 11) is 1.68. The quantitative estimate of drug-likeness (QED) is 0.535. The molecule has 0 rings (SSSR count). The molecule has 0 amide bonds. The Bertz CT molecular complexity index is 170. The Morgan fingerprint density at radius 3 is 1.69 bits per heavy atom. The number of hydroxylamine groups is 2. The van der Waals surface area contributed by atoms with Crippen molar-refractivity contribution in [1.82, 2.24) is 5.06 Å². The van der Waals surface area contributed by atoms with Crippen molar-refractivity contribution in [3.63, 3.8) is 0 Å². The standard InChI is InChI=1S/C11H21NO/c1-6-8-11(9-7-2,10(3)4)12(5)13/h6-10,13H,1-5H3. The first-order chi connectivity index (χ1) is 6.01. The van der Waals surface area contributed by atoms with Gasteiger partial charge in [-0.25, -0.2) is 0 Å². The van der Waals surface area contributed by atoms with E-state index >= 15 is 0 Å². The average molecular weight is 183 g/mol. The highest BCUT2D eigenvalue weighted by Crippen LogP contribution is 2.26. The summed E-state index contributed by atoms with van der Waals surface area (Å²) in [6, 6.07) is 0. The molecule has 0 bridgehead atoms. The van der Waals surface area contributed by atoms with Crippen molar-refractivity contribution in [2.24, 2.45) is 5.92 Å². The Morgan fingerprint density at radius 2 is 1.54 bits per heavy atom. The van der Waals surface area contributed by atoms with Crippen LogP contribution in [0.25, 0.3) is 0 Å². The highest BCUT2D eigenvalue weighted by Gasteiger charge is 2.31. The second kappa shape index (κ2) is 5.20. The summed E-state index contributed by atoms with van der Waals surface area (Å²) in [4.78, 5) is 0. The smallest absolute Gasteiger partial charge is 0.0839 e. The van der Waals surface area contributed by atoms with Crippen LogP contribution in [0.4, 0.5) is 0 Å². The molecule has 76 valence electrons. The molecule has 0 aromatic carbocycles. The second-order valence-electron chi connectivity index (χ2n) is 3.57. The molecule has 0 spiro atoms. The third kappa shape index (κ3) is 2.68. The van der Waals surface area contributed by atoms with Crippen molar-refractivity contribution in [2.75, 3.05) is 7.05 Å². The molecule has 0 saturated heterocycles. The predicted molar refractivity (Wildman–Crippen MR) is 56.7 cm³/mol. The van der Waals surface area contributed by atoms with Crippen molar-refractivity contribution < 1.29 is 5.21 Å². The molecule has 0 unspecified atom stereocenters. The minimum Gasteiger partial charge on any atom is -0.313 e. The fourth-order valence-electron chi connectivity index (χ4n) is 1.56. The Hall–Kier alpha value is -0.600. The zero-order chi connectivity index (χ0) is 10.5. The number of hydrogen-bond acceptors (Lipinski definition) is 2. The van der Waals surface area contributed by atoms with E-state index in [1.807, 2.05) is 38.2 Å². The van der Waals surface area contributed by atoms with Gasteiger partial charge in [0.15, 0.2) is 0 Å². The topological polar surface area (TPSA) is 23.5 Å². The van der Waals surface area contributed by atoms with E-state index in [9.17, 15) is 5.21 Å². The average Bonchev–Trinajstić information content (AvgIpc) is 2.03. The van der Waals surface area contributed by atoms with Gasteiger partial charge in [-0.15, -0.1) is 0 Å². The molecule has 1 N–H and O–H groups in total. The summed E-state index contributed by atoms with van der Waals surface area (Å²) in [5, 5.41) is 10.9. The van der Waals surface area contributed by atoms with Gasteiger partial charge in [-0.05, 0) is 19.8 Å². The summed E-state index contributed by atoms with van der Waals surface area (Å²) in [5.74, 6) is 0.329. The van der Waals surface area contributed by atoms with Crippen LogP contribution in [0.5, 0.6) is 0 Å². The van der Waals surface area contributed by atoms with E-state index in [1.165, 1.54) is 5.06 Å². The minimum atomic E-state index is -0.372. The summed E-state index contributed by atoms with van der Waals surface area (Å²) >= 11 is 0. The van der Waals surface area contributed by atoms with Crippen LogP contribution in [-0.2, 0) is 0 Å². The first kappa shape index (κ1) is 12.4. The third-order valence-electron chi connectivity index (χ3n) is 2.35. The molecule has 13 heavy (non-hydrogen) atoms. The van der Waals surface area contributed by atoms with Gasteiger partial charge in [0, 0.05) is 7.05 Å². The van der Waals surface area contributed by atoms with Crippen molar-refractivity contribution in [2.45, 2.75) is 33.2 Å². The van der Waals surface area contributed by atoms with Crippen LogP contribution < -0.4 is 0 Å². The van der Waals surface area contributed by atoms with Gasteiger partial charge in [0.1, 0.15) is 0 Å². The fourth-order valence-corrected chi connectivity index (χ4v) is 1.56. The van der Waals surface area contributed by atoms with Gasteiger partial charge >= 0.3 is 0 Å². The Labute approximate surface area is 81.5 Å². The van der Waals surface area contributed by atoms with E-state index in [0.717, 1.165) is 0 Å². The first-order valence-corrected chi connectivity index (χ1v) is 4.71. The lowest BCUT2D eigenvalue weighted by Crippen LogP contribution is -2.45. The van der Waals surface area contributed by atoms with Crippen molar-refractivity contribution >= 4 is 0 Å². The molecule has 2 nitrogen and oxygen atoms in total. The molecule has 2 heteroatoms. The van der Waals surface area contributed by atoms with Crippen LogP contribution in [0.1, 0.15) is 27.7 Å². The Balaban J connectivity index is 5.04. The van der Waals surface area contributed by atoms with E-state index in [2.05, 4.69) is 13.8 Å². The molecule has 0 atom stereocenters. The molecule has 0 aliphatic heterocycles. The second-order valence-corrected chi connectivity index (χ2v) is 3.57. The van der Waals surface area contributed by atoms with Crippen LogP contribution in [0.2, 0.25) is 0 Å². The van der Waals surface area contributed by atoms with E-state index in [4.69, 9.17) is 0 Å². The number of nitrogens with zero attached hydrogens (tertiary/aromatic N) is 1. The molecular formula is C11H21NO. The lowest BCUT2D eigenvalue weighted by Gasteiger charge is -2.36. The molecule has 0 aliphatic rings. The van der Waals surface area contributed by atoms with Gasteiger partial charge in [0.05, 0.1) is 5.54 Å². The maximum absolute atomic E-state index is 9.63. The van der Waals surface area contributed by atoms with E-state index < -0.39 is 0 Å². The van der Waals surface area contributed by atoms with Gasteiger partial charge in [0.25, 0.3) is 0 Å². The predicted octanol–water partition coefficient (Wildman–Crippen LogP) is 2.85. The molecule has 0 aromatic heterocycles. The number of hydrogen-bond donors (Lipinski definition) is 1. The number of allylic oxidation sites excluding steroid dienone is 2. The van der Waals surface area contributed by atoms with Gasteiger partial charge in [-0.2, -0.15) is 5.06 Å². The monoisotopic (exact) mass is 183 g/mol. The van der Waals surface area contributed by atoms with Crippen molar-refractivity contribution in [3.8, 4) is 0 Å². The number of rotatable bonds is 4. The lowest BCUT2D eigenvalue weighted by molar-refractivity contribution is -0.130. The van der Waals surface area contributed by atoms with Crippen LogP contribution in [0.15, 0.2) is 24.3 Å². The van der Waals surface area contributed by atoms with E-state index in [0.29, 0.717) is 5.92 Å². The molecule has 0 radical (unpaired) electrons. The molecule has 0 aromatic rings. The summed E-state index contributed by atoms with van der Waals surface area (Å²) in [5.41, 5.74) is -0.372. The lowest BCUT2D eigenvalue weighted by atomic mass is 9.85. The summed E-state index contributed by atoms with van der Waals surface area (Å²) in [6.07, 6.45) is 7.95. The van der Waals surface area contributed by atoms with Gasteiger partial charge in [-0.3, -0.25) is 0 Å². The maximum Gasteiger partial charge on any atom is 0.0839 e. The van der Waals surface area contributed by atoms with Gasteiger partial charge in [-0.1, -0.05) is 38.2 Å². The van der Waals surface area contributed by atoms with Crippen LogP contribution in [0, 0.1) is 5.92 Å². The van der Waals surface area contributed by atoms with Crippen molar-refractivity contribution in [3.05, 3.63) is 24.3 Å². The van der Waals surface area contributed by atoms with Crippen LogP contribution >= 0.6 is 0 Å². The summed E-state index contributed by atoms with van der Waals surface area (Å²) in [6.45, 7) is 8.10. The SMILES string of the molecule is CC=CC(C=CC)(C(C)C)N(C)O. The van der Waals surface area contributed by atoms with Gasteiger partial charge < -0.3 is 5.21 Å². The molecular weight excluding hydrogens is 162 g/mol. The fraction of sp³-hybridized carbons (Fsp3) is 0.636. The molecule has 0 fully saturated rings. The zero-order valence-electron chi connectivity index (χ0n) is 9.28. The van der Waals surface area contributed by atoms with Gasteiger partial charge in [0.2, 0.25) is 0 Å². The van der Waals surface area contributed by atoms with Crippen LogP contribution in [-0.4, -0.2) is 22.9 Å². The maximum atomic E-state index is 9.63. The third-order valence-corrected chi connectivity index (χ3v) is 2.35. The molecule has 0 heterocycles. The molecule has 0 saturated carbocycles. The van der Waals surface area contributed by atoms with Crippen LogP contribution in [0.3, 0.4) is 0 Å². The van der Waals surface area contributed by atoms with Crippen molar-refractivity contribution in [1.29, 1.82) is 0 Å².